The predicted molar refractivity (Wildman–Crippen MR) is 63.7 cm³/mol. The van der Waals surface area contributed by atoms with E-state index in [0.717, 1.165) is 11.1 Å². The molecule has 92 valence electrons. The van der Waals surface area contributed by atoms with Gasteiger partial charge in [-0.1, -0.05) is 6.92 Å². The van der Waals surface area contributed by atoms with Crippen molar-refractivity contribution in [1.29, 1.82) is 0 Å². The van der Waals surface area contributed by atoms with Crippen LogP contribution < -0.4 is 4.74 Å². The maximum absolute atomic E-state index is 11.6. The zero-order valence-corrected chi connectivity index (χ0v) is 10.2. The van der Waals surface area contributed by atoms with E-state index < -0.39 is 5.97 Å². The van der Waals surface area contributed by atoms with Crippen molar-refractivity contribution in [3.8, 4) is 5.75 Å². The summed E-state index contributed by atoms with van der Waals surface area (Å²) < 4.78 is 5.14. The normalized spacial score (nSPS) is 10.1. The number of Topliss-reactive ketones (excluding diaryl/α,β-unsaturated/α-hetero) is 1. The highest BCUT2D eigenvalue weighted by Gasteiger charge is 2.12. The van der Waals surface area contributed by atoms with Gasteiger partial charge in [-0.25, -0.2) is 4.79 Å². The molecule has 0 fully saturated rings. The second kappa shape index (κ2) is 5.48. The van der Waals surface area contributed by atoms with E-state index in [-0.39, 0.29) is 12.4 Å². The van der Waals surface area contributed by atoms with Crippen molar-refractivity contribution in [2.24, 2.45) is 0 Å². The third kappa shape index (κ3) is 3.06. The van der Waals surface area contributed by atoms with E-state index in [0.29, 0.717) is 17.7 Å². The first-order valence-corrected chi connectivity index (χ1v) is 5.45. The van der Waals surface area contributed by atoms with Gasteiger partial charge in [0, 0.05) is 12.0 Å². The van der Waals surface area contributed by atoms with Crippen LogP contribution in [-0.2, 0) is 4.79 Å². The van der Waals surface area contributed by atoms with Crippen molar-refractivity contribution in [3.63, 3.8) is 0 Å². The predicted octanol–water partition coefficient (Wildman–Crippen LogP) is 2.36. The number of ether oxygens (including phenoxy) is 1. The summed E-state index contributed by atoms with van der Waals surface area (Å²) in [6.45, 7) is 5.10. The summed E-state index contributed by atoms with van der Waals surface area (Å²) >= 11 is 0. The largest absolute Gasteiger partial charge is 0.482 e. The Balaban J connectivity index is 3.02. The van der Waals surface area contributed by atoms with Gasteiger partial charge in [0.1, 0.15) is 5.75 Å². The van der Waals surface area contributed by atoms with E-state index in [1.54, 1.807) is 12.1 Å². The maximum Gasteiger partial charge on any atom is 0.341 e. The Kier molecular flexibility index (Phi) is 4.26. The van der Waals surface area contributed by atoms with Crippen LogP contribution in [-0.4, -0.2) is 23.5 Å². The highest BCUT2D eigenvalue weighted by Crippen LogP contribution is 2.25. The first kappa shape index (κ1) is 13.2. The molecule has 0 bridgehead atoms. The smallest absolute Gasteiger partial charge is 0.341 e. The number of benzene rings is 1. The number of carboxylic acids is 1. The van der Waals surface area contributed by atoms with Crippen LogP contribution in [0.1, 0.15) is 34.8 Å². The average molecular weight is 236 g/mol. The molecule has 17 heavy (non-hydrogen) atoms. The molecule has 0 radical (unpaired) electrons. The molecule has 0 saturated heterocycles. The van der Waals surface area contributed by atoms with E-state index in [1.165, 1.54) is 0 Å². The van der Waals surface area contributed by atoms with Crippen molar-refractivity contribution >= 4 is 11.8 Å². The van der Waals surface area contributed by atoms with Crippen molar-refractivity contribution < 1.29 is 19.4 Å². The van der Waals surface area contributed by atoms with Crippen LogP contribution in [0.5, 0.6) is 5.75 Å². The minimum Gasteiger partial charge on any atom is -0.482 e. The molecule has 0 aliphatic rings. The SMILES string of the molecule is CCC(=O)c1ccc(OCC(=O)O)c(C)c1C. The lowest BCUT2D eigenvalue weighted by Crippen LogP contribution is -2.11. The zero-order valence-electron chi connectivity index (χ0n) is 10.2. The highest BCUT2D eigenvalue weighted by molar-refractivity contribution is 5.97. The van der Waals surface area contributed by atoms with E-state index in [1.807, 2.05) is 20.8 Å². The van der Waals surface area contributed by atoms with Gasteiger partial charge in [0.25, 0.3) is 0 Å². The fourth-order valence-electron chi connectivity index (χ4n) is 1.58. The standard InChI is InChI=1S/C13H16O4/c1-4-11(14)10-5-6-12(9(3)8(10)2)17-7-13(15)16/h5-6H,4,7H2,1-3H3,(H,15,16). The first-order chi connectivity index (χ1) is 7.97. The van der Waals surface area contributed by atoms with Gasteiger partial charge in [0.15, 0.2) is 12.4 Å². The molecular formula is C13H16O4. The molecule has 1 N–H and O–H groups in total. The average Bonchev–Trinajstić information content (AvgIpc) is 2.30. The van der Waals surface area contributed by atoms with Gasteiger partial charge in [-0.2, -0.15) is 0 Å². The monoisotopic (exact) mass is 236 g/mol. The second-order valence-corrected chi connectivity index (χ2v) is 3.82. The number of rotatable bonds is 5. The summed E-state index contributed by atoms with van der Waals surface area (Å²) in [5, 5.41) is 8.54. The van der Waals surface area contributed by atoms with E-state index in [4.69, 9.17) is 9.84 Å². The zero-order chi connectivity index (χ0) is 13.0. The molecule has 4 nitrogen and oxygen atoms in total. The molecule has 0 atom stereocenters. The number of carboxylic acid groups (broad SMARTS) is 1. The molecule has 4 heteroatoms. The van der Waals surface area contributed by atoms with Gasteiger partial charge in [-0.15, -0.1) is 0 Å². The van der Waals surface area contributed by atoms with Crippen LogP contribution in [0.4, 0.5) is 0 Å². The number of ketones is 1. The van der Waals surface area contributed by atoms with Gasteiger partial charge in [0.05, 0.1) is 0 Å². The Morgan fingerprint density at radius 1 is 1.24 bits per heavy atom. The Morgan fingerprint density at radius 3 is 2.41 bits per heavy atom. The van der Waals surface area contributed by atoms with E-state index in [9.17, 15) is 9.59 Å². The summed E-state index contributed by atoms with van der Waals surface area (Å²) in [4.78, 5) is 22.0. The molecule has 0 amide bonds. The summed E-state index contributed by atoms with van der Waals surface area (Å²) in [7, 11) is 0. The second-order valence-electron chi connectivity index (χ2n) is 3.82. The number of aliphatic carboxylic acids is 1. The third-order valence-electron chi connectivity index (χ3n) is 2.71. The summed E-state index contributed by atoms with van der Waals surface area (Å²) in [5.41, 5.74) is 2.33. The van der Waals surface area contributed by atoms with Crippen LogP contribution in [0.3, 0.4) is 0 Å². The minimum atomic E-state index is -1.02. The molecule has 0 saturated carbocycles. The number of hydrogen-bond donors (Lipinski definition) is 1. The van der Waals surface area contributed by atoms with E-state index in [2.05, 4.69) is 0 Å². The summed E-state index contributed by atoms with van der Waals surface area (Å²) in [6, 6.07) is 3.33. The number of hydrogen-bond acceptors (Lipinski definition) is 3. The lowest BCUT2D eigenvalue weighted by Gasteiger charge is -2.12. The molecule has 0 aliphatic carbocycles. The van der Waals surface area contributed by atoms with Gasteiger partial charge in [-0.3, -0.25) is 4.79 Å². The van der Waals surface area contributed by atoms with Gasteiger partial charge in [0.2, 0.25) is 0 Å². The lowest BCUT2D eigenvalue weighted by molar-refractivity contribution is -0.139. The quantitative estimate of drug-likeness (QED) is 0.797. The maximum atomic E-state index is 11.6. The third-order valence-corrected chi connectivity index (χ3v) is 2.71. The first-order valence-electron chi connectivity index (χ1n) is 5.45. The molecule has 1 aromatic rings. The molecule has 1 aromatic carbocycles. The van der Waals surface area contributed by atoms with Gasteiger partial charge >= 0.3 is 5.97 Å². The molecule has 0 aliphatic heterocycles. The molecule has 0 aromatic heterocycles. The molecule has 1 rings (SSSR count). The van der Waals surface area contributed by atoms with Crippen molar-refractivity contribution in [2.45, 2.75) is 27.2 Å². The van der Waals surface area contributed by atoms with Gasteiger partial charge in [-0.05, 0) is 37.1 Å². The fraction of sp³-hybridized carbons (Fsp3) is 0.385. The van der Waals surface area contributed by atoms with E-state index >= 15 is 0 Å². The van der Waals surface area contributed by atoms with Crippen molar-refractivity contribution in [2.75, 3.05) is 6.61 Å². The molecular weight excluding hydrogens is 220 g/mol. The number of carbonyl (C=O) groups is 2. The topological polar surface area (TPSA) is 63.6 Å². The Bertz CT molecular complexity index is 449. The van der Waals surface area contributed by atoms with Crippen LogP contribution in [0.25, 0.3) is 0 Å². The van der Waals surface area contributed by atoms with Crippen molar-refractivity contribution in [3.05, 3.63) is 28.8 Å². The highest BCUT2D eigenvalue weighted by atomic mass is 16.5. The van der Waals surface area contributed by atoms with Gasteiger partial charge < -0.3 is 9.84 Å². The van der Waals surface area contributed by atoms with Crippen molar-refractivity contribution in [1.82, 2.24) is 0 Å². The number of carbonyl (C=O) groups excluding carboxylic acids is 1. The molecule has 0 spiro atoms. The van der Waals surface area contributed by atoms with Crippen LogP contribution >= 0.6 is 0 Å². The Labute approximate surface area is 100 Å². The Hall–Kier alpha value is -1.84. The Morgan fingerprint density at radius 2 is 1.88 bits per heavy atom. The van der Waals surface area contributed by atoms with Crippen LogP contribution in [0.15, 0.2) is 12.1 Å². The summed E-state index contributed by atoms with van der Waals surface area (Å²) in [6.07, 6.45) is 0.454. The van der Waals surface area contributed by atoms with Crippen LogP contribution in [0.2, 0.25) is 0 Å². The molecule has 0 unspecified atom stereocenters. The molecule has 0 heterocycles. The fourth-order valence-corrected chi connectivity index (χ4v) is 1.58. The van der Waals surface area contributed by atoms with Crippen LogP contribution in [0, 0.1) is 13.8 Å². The summed E-state index contributed by atoms with van der Waals surface area (Å²) in [5.74, 6) is -0.427. The minimum absolute atomic E-state index is 0.0791. The lowest BCUT2D eigenvalue weighted by atomic mass is 9.98.